The number of nitrogens with one attached hydrogen (secondary N) is 1. The quantitative estimate of drug-likeness (QED) is 0.361. The van der Waals surface area contributed by atoms with Crippen LogP contribution in [-0.4, -0.2) is 19.6 Å². The van der Waals surface area contributed by atoms with Crippen molar-refractivity contribution in [3.63, 3.8) is 0 Å². The van der Waals surface area contributed by atoms with E-state index in [0.717, 1.165) is 0 Å². The number of unbranched alkanes of at least 4 members (excludes halogenated alkanes) is 9. The molecule has 0 bridgehead atoms. The highest BCUT2D eigenvalue weighted by Crippen LogP contribution is 1.99. The molecule has 0 saturated heterocycles. The zero-order valence-electron chi connectivity index (χ0n) is 15.4. The van der Waals surface area contributed by atoms with Gasteiger partial charge >= 0.3 is 0 Å². The highest BCUT2D eigenvalue weighted by molar-refractivity contribution is 7.14. The van der Waals surface area contributed by atoms with Crippen LogP contribution in [0.15, 0.2) is 0 Å². The molecule has 0 heterocycles. The highest BCUT2D eigenvalue weighted by atomic mass is 31.1. The maximum Gasteiger partial charge on any atom is 0.0770 e. The van der Waals surface area contributed by atoms with E-state index in [2.05, 4.69) is 20.8 Å². The van der Waals surface area contributed by atoms with Crippen LogP contribution in [0, 0.1) is 0 Å². The van der Waals surface area contributed by atoms with Crippen LogP contribution in [0.2, 0.25) is 0 Å². The smallest absolute Gasteiger partial charge is 0.0770 e. The van der Waals surface area contributed by atoms with Crippen molar-refractivity contribution in [2.75, 3.05) is 19.6 Å². The van der Waals surface area contributed by atoms with Crippen molar-refractivity contribution in [3.05, 3.63) is 0 Å². The first-order valence-corrected chi connectivity index (χ1v) is 10.3. The Balaban J connectivity index is 0. The molecular formula is C18H40NO2P. The van der Waals surface area contributed by atoms with Crippen molar-refractivity contribution in [2.45, 2.75) is 97.8 Å². The van der Waals surface area contributed by atoms with Gasteiger partial charge in [0.15, 0.2) is 0 Å². The van der Waals surface area contributed by atoms with Crippen molar-refractivity contribution in [1.82, 2.24) is 0 Å². The Morgan fingerprint density at radius 2 is 0.909 bits per heavy atom. The van der Waals surface area contributed by atoms with Crippen molar-refractivity contribution in [2.24, 2.45) is 0 Å². The Labute approximate surface area is 141 Å². The molecule has 0 aliphatic carbocycles. The summed E-state index contributed by atoms with van der Waals surface area (Å²) in [6.45, 7) is 11.2. The molecular weight excluding hydrogens is 293 g/mol. The lowest BCUT2D eigenvalue weighted by molar-refractivity contribution is -0.900. The molecule has 22 heavy (non-hydrogen) atoms. The highest BCUT2D eigenvalue weighted by Gasteiger charge is 2.07. The van der Waals surface area contributed by atoms with E-state index >= 15 is 0 Å². The average Bonchev–Trinajstić information content (AvgIpc) is 2.52. The van der Waals surface area contributed by atoms with Crippen LogP contribution >= 0.6 is 8.69 Å². The Morgan fingerprint density at radius 1 is 0.636 bits per heavy atom. The summed E-state index contributed by atoms with van der Waals surface area (Å²) in [5.41, 5.74) is 0. The predicted octanol–water partition coefficient (Wildman–Crippen LogP) is 4.17. The van der Waals surface area contributed by atoms with Gasteiger partial charge in [-0.3, -0.25) is 4.57 Å². The molecule has 134 valence electrons. The Hall–Kier alpha value is 0.0200. The minimum absolute atomic E-state index is 1.08. The first kappa shape index (κ1) is 24.3. The Kier molecular flexibility index (Phi) is 25.7. The fourth-order valence-electron chi connectivity index (χ4n) is 2.78. The third kappa shape index (κ3) is 22.3. The standard InChI is InChI=1S/C18H39N.HO2P/c1-4-7-10-13-16-19(17-14-11-8-5-2)18-15-12-9-6-3;1-3-2/h4-18H2,1-3H3;(H,1,2). The molecule has 3 nitrogen and oxygen atoms in total. The molecule has 0 aromatic heterocycles. The van der Waals surface area contributed by atoms with Gasteiger partial charge in [0.2, 0.25) is 0 Å². The lowest BCUT2D eigenvalue weighted by Crippen LogP contribution is -3.12. The molecule has 0 aromatic carbocycles. The van der Waals surface area contributed by atoms with E-state index in [1.807, 2.05) is 4.90 Å². The fourth-order valence-corrected chi connectivity index (χ4v) is 2.78. The molecule has 0 saturated carbocycles. The van der Waals surface area contributed by atoms with E-state index in [-0.39, 0.29) is 0 Å². The van der Waals surface area contributed by atoms with Crippen molar-refractivity contribution >= 4 is 8.69 Å². The van der Waals surface area contributed by atoms with Gasteiger partial charge in [-0.1, -0.05) is 59.3 Å². The molecule has 0 radical (unpaired) electrons. The minimum Gasteiger partial charge on any atom is -0.772 e. The van der Waals surface area contributed by atoms with Crippen molar-refractivity contribution in [1.29, 1.82) is 0 Å². The molecule has 0 aromatic rings. The number of quaternary nitrogens is 1. The van der Waals surface area contributed by atoms with E-state index in [0.29, 0.717) is 0 Å². The van der Waals surface area contributed by atoms with E-state index in [4.69, 9.17) is 9.46 Å². The fraction of sp³-hybridized carbons (Fsp3) is 1.00. The average molecular weight is 333 g/mol. The van der Waals surface area contributed by atoms with Gasteiger partial charge < -0.3 is 9.79 Å². The Bertz CT molecular complexity index is 175. The normalized spacial score (nSPS) is 10.8. The second kappa shape index (κ2) is 23.3. The van der Waals surface area contributed by atoms with Crippen LogP contribution in [0.5, 0.6) is 0 Å². The Morgan fingerprint density at radius 3 is 1.14 bits per heavy atom. The van der Waals surface area contributed by atoms with Gasteiger partial charge in [0.25, 0.3) is 0 Å². The number of hydrogen-bond donors (Lipinski definition) is 1. The monoisotopic (exact) mass is 333 g/mol. The van der Waals surface area contributed by atoms with E-state index in [1.54, 1.807) is 0 Å². The lowest BCUT2D eigenvalue weighted by atomic mass is 10.1. The second-order valence-electron chi connectivity index (χ2n) is 6.26. The zero-order valence-corrected chi connectivity index (χ0v) is 16.3. The third-order valence-electron chi connectivity index (χ3n) is 4.15. The van der Waals surface area contributed by atoms with Gasteiger partial charge in [0, 0.05) is 0 Å². The molecule has 1 N–H and O–H groups in total. The largest absolute Gasteiger partial charge is 0.772 e. The minimum atomic E-state index is -1.08. The summed E-state index contributed by atoms with van der Waals surface area (Å²) in [4.78, 5) is 10.2. The summed E-state index contributed by atoms with van der Waals surface area (Å²) in [7, 11) is -1.08. The second-order valence-corrected chi connectivity index (χ2v) is 6.41. The number of hydrogen-bond acceptors (Lipinski definition) is 2. The van der Waals surface area contributed by atoms with Crippen LogP contribution in [0.4, 0.5) is 0 Å². The number of rotatable bonds is 15. The van der Waals surface area contributed by atoms with Crippen LogP contribution < -0.4 is 9.79 Å². The molecule has 0 atom stereocenters. The third-order valence-corrected chi connectivity index (χ3v) is 4.15. The van der Waals surface area contributed by atoms with Crippen LogP contribution in [0.1, 0.15) is 97.8 Å². The van der Waals surface area contributed by atoms with Crippen LogP contribution in [0.25, 0.3) is 0 Å². The maximum absolute atomic E-state index is 8.35. The molecule has 0 spiro atoms. The van der Waals surface area contributed by atoms with Crippen LogP contribution in [0.3, 0.4) is 0 Å². The summed E-state index contributed by atoms with van der Waals surface area (Å²) in [6.07, 6.45) is 17.1. The summed E-state index contributed by atoms with van der Waals surface area (Å²) < 4.78 is 8.35. The molecule has 0 rings (SSSR count). The maximum atomic E-state index is 8.35. The molecule has 0 fully saturated rings. The molecule has 0 aliphatic heterocycles. The van der Waals surface area contributed by atoms with E-state index < -0.39 is 8.69 Å². The molecule has 0 aliphatic rings. The molecule has 0 unspecified atom stereocenters. The first-order chi connectivity index (χ1) is 10.8. The van der Waals surface area contributed by atoms with Gasteiger partial charge in [0.1, 0.15) is 0 Å². The van der Waals surface area contributed by atoms with Gasteiger partial charge in [-0.15, -0.1) is 0 Å². The zero-order chi connectivity index (χ0) is 16.9. The topological polar surface area (TPSA) is 44.6 Å². The lowest BCUT2D eigenvalue weighted by Gasteiger charge is -2.19. The molecule has 4 heteroatoms. The van der Waals surface area contributed by atoms with Crippen molar-refractivity contribution < 1.29 is 14.4 Å². The summed E-state index contributed by atoms with van der Waals surface area (Å²) in [5.74, 6) is 0. The summed E-state index contributed by atoms with van der Waals surface area (Å²) >= 11 is 0. The summed E-state index contributed by atoms with van der Waals surface area (Å²) in [5, 5.41) is 0. The van der Waals surface area contributed by atoms with Gasteiger partial charge in [0.05, 0.1) is 28.3 Å². The van der Waals surface area contributed by atoms with Crippen molar-refractivity contribution in [3.8, 4) is 0 Å². The van der Waals surface area contributed by atoms with Gasteiger partial charge in [-0.2, -0.15) is 0 Å². The van der Waals surface area contributed by atoms with E-state index in [9.17, 15) is 0 Å². The first-order valence-electron chi connectivity index (χ1n) is 9.55. The van der Waals surface area contributed by atoms with Gasteiger partial charge in [-0.05, 0) is 38.5 Å². The summed E-state index contributed by atoms with van der Waals surface area (Å²) in [6, 6.07) is 0. The SMILES string of the molecule is CCCCCC[NH+](CCCCCC)CCCCCC.O=P[O-]. The van der Waals surface area contributed by atoms with Gasteiger partial charge in [-0.25, -0.2) is 0 Å². The van der Waals surface area contributed by atoms with E-state index in [1.165, 1.54) is 96.7 Å². The van der Waals surface area contributed by atoms with Crippen LogP contribution in [-0.2, 0) is 4.57 Å². The predicted molar refractivity (Wildman–Crippen MR) is 95.6 cm³/mol. The molecule has 0 amide bonds.